The van der Waals surface area contributed by atoms with Gasteiger partial charge in [0.2, 0.25) is 0 Å². The van der Waals surface area contributed by atoms with E-state index in [1.165, 1.54) is 32.1 Å². The van der Waals surface area contributed by atoms with Gasteiger partial charge in [-0.05, 0) is 78.6 Å². The lowest BCUT2D eigenvalue weighted by molar-refractivity contribution is 0.0782. The zero-order valence-electron chi connectivity index (χ0n) is 13.7. The molecule has 0 amide bonds. The summed E-state index contributed by atoms with van der Waals surface area (Å²) in [6.07, 6.45) is 18.1. The zero-order valence-corrected chi connectivity index (χ0v) is 13.7. The molecule has 7 atom stereocenters. The molecular formula is C21H30. The molecule has 3 fully saturated rings. The van der Waals surface area contributed by atoms with Crippen molar-refractivity contribution in [3.63, 3.8) is 0 Å². The Bertz CT molecular complexity index is 496. The first kappa shape index (κ1) is 13.9. The van der Waals surface area contributed by atoms with Gasteiger partial charge in [-0.25, -0.2) is 0 Å². The van der Waals surface area contributed by atoms with E-state index in [-0.39, 0.29) is 0 Å². The van der Waals surface area contributed by atoms with Crippen LogP contribution in [0.15, 0.2) is 36.5 Å². The summed E-state index contributed by atoms with van der Waals surface area (Å²) in [5, 5.41) is 0. The number of hydrogen-bond acceptors (Lipinski definition) is 0. The minimum atomic E-state index is 0.793. The zero-order chi connectivity index (χ0) is 14.6. The van der Waals surface area contributed by atoms with Crippen molar-refractivity contribution >= 4 is 0 Å². The molecule has 0 aromatic rings. The molecule has 4 aliphatic rings. The average Bonchev–Trinajstić information content (AvgIpc) is 3.13. The Morgan fingerprint density at radius 1 is 1.38 bits per heavy atom. The second kappa shape index (κ2) is 4.86. The lowest BCUT2D eigenvalue weighted by Crippen LogP contribution is -2.39. The SMILES string of the molecule is C=C/C=C1/C=CC2C(CCC34CC3[C@H](C)CC24)C1CCC. The first-order valence-corrected chi connectivity index (χ1v) is 9.22. The Morgan fingerprint density at radius 3 is 2.95 bits per heavy atom. The monoisotopic (exact) mass is 282 g/mol. The van der Waals surface area contributed by atoms with Crippen molar-refractivity contribution < 1.29 is 0 Å². The van der Waals surface area contributed by atoms with Crippen LogP contribution in [0.2, 0.25) is 0 Å². The normalized spacial score (nSPS) is 52.2. The van der Waals surface area contributed by atoms with E-state index in [9.17, 15) is 0 Å². The third-order valence-electron chi connectivity index (χ3n) is 7.50. The number of allylic oxidation sites excluding steroid dienone is 5. The summed E-state index contributed by atoms with van der Waals surface area (Å²) in [5.74, 6) is 5.70. The fourth-order valence-corrected chi connectivity index (χ4v) is 6.63. The first-order chi connectivity index (χ1) is 10.2. The van der Waals surface area contributed by atoms with Gasteiger partial charge in [-0.2, -0.15) is 0 Å². The van der Waals surface area contributed by atoms with E-state index in [0.717, 1.165) is 40.9 Å². The van der Waals surface area contributed by atoms with Crippen molar-refractivity contribution in [2.45, 2.75) is 52.4 Å². The molecule has 0 aromatic carbocycles. The second-order valence-corrected chi connectivity index (χ2v) is 8.30. The van der Waals surface area contributed by atoms with Crippen molar-refractivity contribution in [2.75, 3.05) is 0 Å². The van der Waals surface area contributed by atoms with Crippen LogP contribution in [0.4, 0.5) is 0 Å². The molecule has 4 aliphatic carbocycles. The minimum Gasteiger partial charge on any atom is -0.0991 e. The third-order valence-corrected chi connectivity index (χ3v) is 7.50. The lowest BCUT2D eigenvalue weighted by Gasteiger charge is -2.47. The summed E-state index contributed by atoms with van der Waals surface area (Å²) in [6.45, 7) is 8.79. The highest BCUT2D eigenvalue weighted by atomic mass is 14.7. The smallest absolute Gasteiger partial charge is 0.0128 e. The van der Waals surface area contributed by atoms with Crippen LogP contribution in [-0.4, -0.2) is 0 Å². The van der Waals surface area contributed by atoms with E-state index in [1.54, 1.807) is 12.0 Å². The van der Waals surface area contributed by atoms with Gasteiger partial charge >= 0.3 is 0 Å². The maximum absolute atomic E-state index is 3.92. The van der Waals surface area contributed by atoms with E-state index >= 15 is 0 Å². The predicted molar refractivity (Wildman–Crippen MR) is 89.8 cm³/mol. The van der Waals surface area contributed by atoms with Crippen molar-refractivity contribution in [1.82, 2.24) is 0 Å². The molecule has 0 heteroatoms. The van der Waals surface area contributed by atoms with E-state index in [2.05, 4.69) is 38.7 Å². The van der Waals surface area contributed by atoms with Crippen LogP contribution < -0.4 is 0 Å². The fraction of sp³-hybridized carbons (Fsp3) is 0.714. The Labute approximate surface area is 130 Å². The molecule has 0 radical (unpaired) electrons. The summed E-state index contributed by atoms with van der Waals surface area (Å²) >= 11 is 0. The highest BCUT2D eigenvalue weighted by molar-refractivity contribution is 5.33. The molecule has 0 saturated heterocycles. The van der Waals surface area contributed by atoms with Crippen LogP contribution in [0.25, 0.3) is 0 Å². The molecule has 0 nitrogen and oxygen atoms in total. The van der Waals surface area contributed by atoms with Gasteiger partial charge in [0.1, 0.15) is 0 Å². The standard InChI is InChI=1S/C21H30/c1-4-6-15-8-9-18-17(16(15)7-5-2)10-11-21-13-20(21)14(3)12-19(18)21/h4,6,8-9,14,16-20H,1,5,7,10-13H2,2-3H3/b15-6-/t14-,16?,17?,18?,19?,20?,21?/m1/s1. The average molecular weight is 282 g/mol. The molecule has 6 unspecified atom stereocenters. The molecule has 0 aliphatic heterocycles. The largest absolute Gasteiger partial charge is 0.0991 e. The summed E-state index contributed by atoms with van der Waals surface area (Å²) in [6, 6.07) is 0. The van der Waals surface area contributed by atoms with Gasteiger partial charge in [0.15, 0.2) is 0 Å². The summed E-state index contributed by atoms with van der Waals surface area (Å²) in [7, 11) is 0. The minimum absolute atomic E-state index is 0.793. The van der Waals surface area contributed by atoms with Gasteiger partial charge in [-0.3, -0.25) is 0 Å². The molecule has 0 bridgehead atoms. The summed E-state index contributed by atoms with van der Waals surface area (Å²) < 4.78 is 0. The van der Waals surface area contributed by atoms with Crippen molar-refractivity contribution in [3.05, 3.63) is 36.5 Å². The second-order valence-electron chi connectivity index (χ2n) is 8.30. The molecule has 1 spiro atoms. The van der Waals surface area contributed by atoms with Gasteiger partial charge in [0.05, 0.1) is 0 Å². The van der Waals surface area contributed by atoms with Gasteiger partial charge in [-0.15, -0.1) is 0 Å². The van der Waals surface area contributed by atoms with Gasteiger partial charge in [0, 0.05) is 0 Å². The van der Waals surface area contributed by atoms with E-state index in [0.29, 0.717) is 0 Å². The number of fused-ring (bicyclic) bond motifs is 2. The molecule has 3 saturated carbocycles. The number of rotatable bonds is 3. The quantitative estimate of drug-likeness (QED) is 0.616. The van der Waals surface area contributed by atoms with Crippen LogP contribution in [0, 0.1) is 40.9 Å². The van der Waals surface area contributed by atoms with Crippen LogP contribution in [0.5, 0.6) is 0 Å². The Balaban J connectivity index is 1.66. The molecule has 4 rings (SSSR count). The highest BCUT2D eigenvalue weighted by Gasteiger charge is 2.68. The maximum atomic E-state index is 3.92. The summed E-state index contributed by atoms with van der Waals surface area (Å²) in [4.78, 5) is 0. The van der Waals surface area contributed by atoms with Gasteiger partial charge in [0.25, 0.3) is 0 Å². The highest BCUT2D eigenvalue weighted by Crippen LogP contribution is 2.76. The van der Waals surface area contributed by atoms with E-state index in [1.807, 2.05) is 6.08 Å². The first-order valence-electron chi connectivity index (χ1n) is 9.22. The van der Waals surface area contributed by atoms with Gasteiger partial charge < -0.3 is 0 Å². The number of hydrogen-bond donors (Lipinski definition) is 0. The van der Waals surface area contributed by atoms with Crippen LogP contribution in [0.1, 0.15) is 52.4 Å². The third kappa shape index (κ3) is 1.87. The van der Waals surface area contributed by atoms with Crippen LogP contribution in [-0.2, 0) is 0 Å². The maximum Gasteiger partial charge on any atom is -0.0128 e. The Morgan fingerprint density at radius 2 is 2.24 bits per heavy atom. The fourth-order valence-electron chi connectivity index (χ4n) is 6.63. The summed E-state index contributed by atoms with van der Waals surface area (Å²) in [5.41, 5.74) is 2.35. The van der Waals surface area contributed by atoms with E-state index in [4.69, 9.17) is 0 Å². The van der Waals surface area contributed by atoms with Crippen molar-refractivity contribution in [1.29, 1.82) is 0 Å². The molecule has 114 valence electrons. The molecule has 21 heavy (non-hydrogen) atoms. The van der Waals surface area contributed by atoms with E-state index < -0.39 is 0 Å². The topological polar surface area (TPSA) is 0 Å². The Hall–Kier alpha value is -0.780. The lowest BCUT2D eigenvalue weighted by atomic mass is 9.57. The van der Waals surface area contributed by atoms with Crippen molar-refractivity contribution in [2.24, 2.45) is 40.9 Å². The van der Waals surface area contributed by atoms with Crippen molar-refractivity contribution in [3.8, 4) is 0 Å². The molecular weight excluding hydrogens is 252 g/mol. The molecule has 0 heterocycles. The predicted octanol–water partition coefficient (Wildman–Crippen LogP) is 5.77. The molecule has 0 aromatic heterocycles. The Kier molecular flexibility index (Phi) is 3.21. The van der Waals surface area contributed by atoms with Crippen LogP contribution in [0.3, 0.4) is 0 Å². The molecule has 0 N–H and O–H groups in total. The van der Waals surface area contributed by atoms with Crippen LogP contribution >= 0.6 is 0 Å². The van der Waals surface area contributed by atoms with Gasteiger partial charge in [-0.1, -0.05) is 51.2 Å².